The Morgan fingerprint density at radius 3 is 2.94 bits per heavy atom. The maximum absolute atomic E-state index is 13.0. The zero-order chi connectivity index (χ0) is 12.3. The first-order valence-corrected chi connectivity index (χ1v) is 5.30. The molecule has 2 N–H and O–H groups in total. The van der Waals surface area contributed by atoms with Crippen molar-refractivity contribution in [1.82, 2.24) is 9.97 Å². The molecule has 0 aliphatic heterocycles. The third-order valence-electron chi connectivity index (χ3n) is 2.24. The van der Waals surface area contributed by atoms with Crippen LogP contribution in [-0.2, 0) is 6.42 Å². The number of hydrogen-bond acceptors (Lipinski definition) is 3. The fraction of sp³-hybridized carbons (Fsp3) is 0.167. The van der Waals surface area contributed by atoms with Gasteiger partial charge in [-0.3, -0.25) is 9.78 Å². The Morgan fingerprint density at radius 2 is 2.24 bits per heavy atom. The quantitative estimate of drug-likeness (QED) is 0.854. The monoisotopic (exact) mass is 233 g/mol. The minimum atomic E-state index is -0.344. The molecule has 2 aromatic rings. The molecule has 17 heavy (non-hydrogen) atoms. The second-order valence-electron chi connectivity index (χ2n) is 3.57. The predicted molar refractivity (Wildman–Crippen MR) is 63.9 cm³/mol. The lowest BCUT2D eigenvalue weighted by molar-refractivity contribution is 0.628. The van der Waals surface area contributed by atoms with Crippen LogP contribution in [0.25, 0.3) is 0 Å². The molecule has 0 unspecified atom stereocenters. The number of benzene rings is 1. The second kappa shape index (κ2) is 4.78. The van der Waals surface area contributed by atoms with E-state index in [1.165, 1.54) is 18.2 Å². The fourth-order valence-electron chi connectivity index (χ4n) is 1.45. The van der Waals surface area contributed by atoms with Gasteiger partial charge in [0.05, 0.1) is 0 Å². The molecule has 0 aliphatic carbocycles. The summed E-state index contributed by atoms with van der Waals surface area (Å²) in [6, 6.07) is 7.40. The molecule has 88 valence electrons. The molecule has 1 heterocycles. The third kappa shape index (κ3) is 2.90. The standard InChI is InChI=1S/C12H12FN3O/c1-2-9-7-11(17)16-12(14-9)15-10-5-3-4-8(13)6-10/h3-7H,2H2,1H3,(H2,14,15,16,17). The van der Waals surface area contributed by atoms with E-state index >= 15 is 0 Å². The Hall–Kier alpha value is -2.17. The third-order valence-corrected chi connectivity index (χ3v) is 2.24. The topological polar surface area (TPSA) is 57.8 Å². The van der Waals surface area contributed by atoms with Gasteiger partial charge in [0.1, 0.15) is 5.82 Å². The number of hydrogen-bond donors (Lipinski definition) is 2. The summed E-state index contributed by atoms with van der Waals surface area (Å²) in [5.41, 5.74) is 1.00. The Labute approximate surface area is 97.5 Å². The first kappa shape index (κ1) is 11.3. The van der Waals surface area contributed by atoms with Crippen molar-refractivity contribution in [2.45, 2.75) is 13.3 Å². The van der Waals surface area contributed by atoms with Gasteiger partial charge < -0.3 is 5.32 Å². The number of nitrogens with zero attached hydrogens (tertiary/aromatic N) is 1. The Kier molecular flexibility index (Phi) is 3.18. The second-order valence-corrected chi connectivity index (χ2v) is 3.57. The number of nitrogens with one attached hydrogen (secondary N) is 2. The molecule has 0 saturated carbocycles. The largest absolute Gasteiger partial charge is 0.326 e. The lowest BCUT2D eigenvalue weighted by Gasteiger charge is -2.06. The lowest BCUT2D eigenvalue weighted by Crippen LogP contribution is -2.11. The highest BCUT2D eigenvalue weighted by atomic mass is 19.1. The molecule has 0 saturated heterocycles. The van der Waals surface area contributed by atoms with Crippen molar-refractivity contribution in [2.24, 2.45) is 0 Å². The highest BCUT2D eigenvalue weighted by Crippen LogP contribution is 2.13. The van der Waals surface area contributed by atoms with Gasteiger partial charge in [-0.25, -0.2) is 9.37 Å². The van der Waals surface area contributed by atoms with Gasteiger partial charge in [-0.15, -0.1) is 0 Å². The fourth-order valence-corrected chi connectivity index (χ4v) is 1.45. The van der Waals surface area contributed by atoms with E-state index in [2.05, 4.69) is 15.3 Å². The maximum Gasteiger partial charge on any atom is 0.252 e. The average Bonchev–Trinajstić information content (AvgIpc) is 2.28. The lowest BCUT2D eigenvalue weighted by atomic mass is 10.3. The van der Waals surface area contributed by atoms with Gasteiger partial charge in [0, 0.05) is 17.4 Å². The van der Waals surface area contributed by atoms with Crippen molar-refractivity contribution in [3.8, 4) is 0 Å². The average molecular weight is 233 g/mol. The number of aromatic nitrogens is 2. The molecule has 0 fully saturated rings. The molecule has 0 radical (unpaired) electrons. The van der Waals surface area contributed by atoms with Crippen molar-refractivity contribution >= 4 is 11.6 Å². The molecule has 1 aromatic heterocycles. The predicted octanol–water partition coefficient (Wildman–Crippen LogP) is 2.21. The van der Waals surface area contributed by atoms with E-state index in [9.17, 15) is 9.18 Å². The van der Waals surface area contributed by atoms with Gasteiger partial charge in [0.15, 0.2) is 0 Å². The highest BCUT2D eigenvalue weighted by molar-refractivity contribution is 5.52. The van der Waals surface area contributed by atoms with Gasteiger partial charge in [0.2, 0.25) is 5.95 Å². The minimum Gasteiger partial charge on any atom is -0.326 e. The summed E-state index contributed by atoms with van der Waals surface area (Å²) >= 11 is 0. The smallest absolute Gasteiger partial charge is 0.252 e. The first-order valence-electron chi connectivity index (χ1n) is 5.30. The van der Waals surface area contributed by atoms with Crippen molar-refractivity contribution in [1.29, 1.82) is 0 Å². The van der Waals surface area contributed by atoms with E-state index < -0.39 is 0 Å². The molecule has 0 amide bonds. The Bertz CT molecular complexity index is 580. The Balaban J connectivity index is 2.29. The Morgan fingerprint density at radius 1 is 1.41 bits per heavy atom. The molecule has 0 aliphatic rings. The summed E-state index contributed by atoms with van der Waals surface area (Å²) in [5.74, 6) is -0.0241. The summed E-state index contributed by atoms with van der Waals surface area (Å²) in [4.78, 5) is 18.1. The van der Waals surface area contributed by atoms with E-state index in [0.29, 0.717) is 23.8 Å². The molecule has 0 atom stereocenters. The number of anilines is 2. The van der Waals surface area contributed by atoms with Crippen LogP contribution in [0.1, 0.15) is 12.6 Å². The van der Waals surface area contributed by atoms with E-state index in [1.807, 2.05) is 6.92 Å². The van der Waals surface area contributed by atoms with Crippen molar-refractivity contribution in [3.05, 3.63) is 52.2 Å². The highest BCUT2D eigenvalue weighted by Gasteiger charge is 2.01. The zero-order valence-corrected chi connectivity index (χ0v) is 9.33. The zero-order valence-electron chi connectivity index (χ0n) is 9.33. The van der Waals surface area contributed by atoms with Crippen LogP contribution >= 0.6 is 0 Å². The van der Waals surface area contributed by atoms with Gasteiger partial charge in [-0.2, -0.15) is 0 Å². The van der Waals surface area contributed by atoms with Crippen molar-refractivity contribution in [3.63, 3.8) is 0 Å². The number of rotatable bonds is 3. The molecule has 2 rings (SSSR count). The van der Waals surface area contributed by atoms with Gasteiger partial charge in [-0.1, -0.05) is 13.0 Å². The summed E-state index contributed by atoms with van der Waals surface area (Å²) in [6.45, 7) is 1.91. The van der Waals surface area contributed by atoms with E-state index in [4.69, 9.17) is 0 Å². The SMILES string of the molecule is CCc1cc(=O)[nH]c(Nc2cccc(F)c2)n1. The number of halogens is 1. The van der Waals surface area contributed by atoms with Crippen LogP contribution in [0.15, 0.2) is 35.1 Å². The van der Waals surface area contributed by atoms with Crippen LogP contribution in [0, 0.1) is 5.82 Å². The molecule has 0 bridgehead atoms. The van der Waals surface area contributed by atoms with Crippen LogP contribution < -0.4 is 10.9 Å². The first-order chi connectivity index (χ1) is 8.17. The van der Waals surface area contributed by atoms with Crippen molar-refractivity contribution < 1.29 is 4.39 Å². The van der Waals surface area contributed by atoms with Gasteiger partial charge >= 0.3 is 0 Å². The number of H-pyrrole nitrogens is 1. The maximum atomic E-state index is 13.0. The molecule has 5 heteroatoms. The summed E-state index contributed by atoms with van der Waals surface area (Å²) < 4.78 is 13.0. The number of aryl methyl sites for hydroxylation is 1. The van der Waals surface area contributed by atoms with Crippen LogP contribution in [-0.4, -0.2) is 9.97 Å². The number of aromatic amines is 1. The van der Waals surface area contributed by atoms with Gasteiger partial charge in [0.25, 0.3) is 5.56 Å². The molecule has 1 aromatic carbocycles. The summed E-state index contributed by atoms with van der Waals surface area (Å²) in [6.07, 6.45) is 0.668. The molecular weight excluding hydrogens is 221 g/mol. The van der Waals surface area contributed by atoms with Crippen LogP contribution in [0.3, 0.4) is 0 Å². The summed E-state index contributed by atoms with van der Waals surface area (Å²) in [5, 5.41) is 2.85. The van der Waals surface area contributed by atoms with Gasteiger partial charge in [-0.05, 0) is 24.6 Å². The van der Waals surface area contributed by atoms with Crippen LogP contribution in [0.4, 0.5) is 16.0 Å². The molecular formula is C12H12FN3O. The van der Waals surface area contributed by atoms with E-state index in [-0.39, 0.29) is 11.4 Å². The normalized spacial score (nSPS) is 10.2. The molecule has 4 nitrogen and oxygen atoms in total. The van der Waals surface area contributed by atoms with E-state index in [0.717, 1.165) is 0 Å². The van der Waals surface area contributed by atoms with Crippen LogP contribution in [0.5, 0.6) is 0 Å². The van der Waals surface area contributed by atoms with Crippen LogP contribution in [0.2, 0.25) is 0 Å². The molecule has 0 spiro atoms. The summed E-state index contributed by atoms with van der Waals surface area (Å²) in [7, 11) is 0. The van der Waals surface area contributed by atoms with E-state index in [1.54, 1.807) is 12.1 Å². The van der Waals surface area contributed by atoms with Crippen molar-refractivity contribution in [2.75, 3.05) is 5.32 Å². The minimum absolute atomic E-state index is 0.226.